The third-order valence-electron chi connectivity index (χ3n) is 6.33. The standard InChI is InChI=1S/C26H34FN3O/c1-3-22(23-10-11-24(20-28)21(2)19-23)7-6-12-29-13-15-30(16-14-29)17-18-31-26-9-5-4-8-25(26)27/h4-5,8-11,19,22H,3,6-7,12-18H2,1-2H3. The average Bonchev–Trinajstić information content (AvgIpc) is 2.79. The molecule has 31 heavy (non-hydrogen) atoms. The predicted molar refractivity (Wildman–Crippen MR) is 123 cm³/mol. The maximum Gasteiger partial charge on any atom is 0.165 e. The van der Waals surface area contributed by atoms with Gasteiger partial charge in [0, 0.05) is 32.7 Å². The number of benzene rings is 2. The smallest absolute Gasteiger partial charge is 0.165 e. The van der Waals surface area contributed by atoms with Crippen molar-refractivity contribution in [3.05, 3.63) is 65.0 Å². The molecular weight excluding hydrogens is 389 g/mol. The summed E-state index contributed by atoms with van der Waals surface area (Å²) in [5.41, 5.74) is 3.21. The fourth-order valence-electron chi connectivity index (χ4n) is 4.32. The molecule has 0 amide bonds. The van der Waals surface area contributed by atoms with Gasteiger partial charge in [-0.05, 0) is 68.0 Å². The zero-order chi connectivity index (χ0) is 22.1. The van der Waals surface area contributed by atoms with E-state index in [9.17, 15) is 4.39 Å². The molecule has 5 heteroatoms. The number of aryl methyl sites for hydroxylation is 1. The van der Waals surface area contributed by atoms with Crippen molar-refractivity contribution in [3.63, 3.8) is 0 Å². The Hall–Kier alpha value is -2.42. The summed E-state index contributed by atoms with van der Waals surface area (Å²) in [6.45, 7) is 11.0. The monoisotopic (exact) mass is 423 g/mol. The molecule has 0 spiro atoms. The van der Waals surface area contributed by atoms with Crippen molar-refractivity contribution in [1.82, 2.24) is 9.80 Å². The van der Waals surface area contributed by atoms with E-state index in [0.717, 1.165) is 56.8 Å². The Bertz CT molecular complexity index is 871. The van der Waals surface area contributed by atoms with Gasteiger partial charge in [0.25, 0.3) is 0 Å². The van der Waals surface area contributed by atoms with Crippen molar-refractivity contribution in [2.45, 2.75) is 39.0 Å². The minimum absolute atomic E-state index is 0.297. The van der Waals surface area contributed by atoms with Crippen molar-refractivity contribution < 1.29 is 9.13 Å². The zero-order valence-electron chi connectivity index (χ0n) is 18.8. The average molecular weight is 424 g/mol. The fraction of sp³-hybridized carbons (Fsp3) is 0.500. The first-order chi connectivity index (χ1) is 15.1. The highest BCUT2D eigenvalue weighted by Gasteiger charge is 2.17. The molecule has 2 aromatic rings. The molecule has 0 saturated carbocycles. The summed E-state index contributed by atoms with van der Waals surface area (Å²) in [6, 6.07) is 15.1. The highest BCUT2D eigenvalue weighted by molar-refractivity contribution is 5.40. The molecule has 4 nitrogen and oxygen atoms in total. The number of hydrogen-bond acceptors (Lipinski definition) is 4. The van der Waals surface area contributed by atoms with E-state index in [0.29, 0.717) is 18.3 Å². The van der Waals surface area contributed by atoms with Crippen LogP contribution in [0, 0.1) is 24.1 Å². The van der Waals surface area contributed by atoms with E-state index in [1.54, 1.807) is 18.2 Å². The lowest BCUT2D eigenvalue weighted by Crippen LogP contribution is -2.47. The van der Waals surface area contributed by atoms with Crippen molar-refractivity contribution in [3.8, 4) is 11.8 Å². The van der Waals surface area contributed by atoms with Crippen molar-refractivity contribution in [2.75, 3.05) is 45.9 Å². The van der Waals surface area contributed by atoms with Gasteiger partial charge < -0.3 is 9.64 Å². The molecular formula is C26H34FN3O. The van der Waals surface area contributed by atoms with Crippen LogP contribution < -0.4 is 4.74 Å². The molecule has 1 atom stereocenters. The van der Waals surface area contributed by atoms with Crippen molar-refractivity contribution >= 4 is 0 Å². The number of nitrogens with zero attached hydrogens (tertiary/aromatic N) is 3. The quantitative estimate of drug-likeness (QED) is 0.541. The van der Waals surface area contributed by atoms with E-state index in [1.807, 2.05) is 13.0 Å². The van der Waals surface area contributed by atoms with Gasteiger partial charge in [0.05, 0.1) is 11.6 Å². The summed E-state index contributed by atoms with van der Waals surface area (Å²) >= 11 is 0. The van der Waals surface area contributed by atoms with Gasteiger partial charge in [-0.3, -0.25) is 4.90 Å². The Morgan fingerprint density at radius 3 is 2.42 bits per heavy atom. The van der Waals surface area contributed by atoms with E-state index >= 15 is 0 Å². The predicted octanol–water partition coefficient (Wildman–Crippen LogP) is 4.98. The minimum atomic E-state index is -0.297. The molecule has 3 rings (SSSR count). The number of piperazine rings is 1. The van der Waals surface area contributed by atoms with E-state index in [-0.39, 0.29) is 5.82 Å². The topological polar surface area (TPSA) is 39.5 Å². The Labute approximate surface area is 186 Å². The van der Waals surface area contributed by atoms with Crippen molar-refractivity contribution in [2.24, 2.45) is 0 Å². The van der Waals surface area contributed by atoms with Gasteiger partial charge >= 0.3 is 0 Å². The van der Waals surface area contributed by atoms with Crippen LogP contribution in [0.3, 0.4) is 0 Å². The molecule has 1 aliphatic rings. The fourth-order valence-corrected chi connectivity index (χ4v) is 4.32. The normalized spacial score (nSPS) is 16.1. The molecule has 0 N–H and O–H groups in total. The van der Waals surface area contributed by atoms with Gasteiger partial charge in [-0.25, -0.2) is 4.39 Å². The molecule has 1 unspecified atom stereocenters. The molecule has 0 radical (unpaired) electrons. The van der Waals surface area contributed by atoms with Gasteiger partial charge in [-0.15, -0.1) is 0 Å². The second kappa shape index (κ2) is 11.8. The number of rotatable bonds is 10. The van der Waals surface area contributed by atoms with Crippen LogP contribution in [-0.4, -0.2) is 55.7 Å². The maximum atomic E-state index is 13.6. The highest BCUT2D eigenvalue weighted by Crippen LogP contribution is 2.26. The van der Waals surface area contributed by atoms with Gasteiger partial charge in [0.1, 0.15) is 6.61 Å². The SMILES string of the molecule is CCC(CCCN1CCN(CCOc2ccccc2F)CC1)c1ccc(C#N)c(C)c1. The summed E-state index contributed by atoms with van der Waals surface area (Å²) in [6.07, 6.45) is 3.49. The number of hydrogen-bond donors (Lipinski definition) is 0. The van der Waals surface area contributed by atoms with Gasteiger partial charge in [0.15, 0.2) is 11.6 Å². The lowest BCUT2D eigenvalue weighted by molar-refractivity contribution is 0.114. The first-order valence-electron chi connectivity index (χ1n) is 11.4. The third-order valence-corrected chi connectivity index (χ3v) is 6.33. The molecule has 1 aliphatic heterocycles. The van der Waals surface area contributed by atoms with Crippen LogP contribution in [0.2, 0.25) is 0 Å². The van der Waals surface area contributed by atoms with E-state index < -0.39 is 0 Å². The van der Waals surface area contributed by atoms with Crippen LogP contribution in [-0.2, 0) is 0 Å². The Kier molecular flexibility index (Phi) is 8.87. The van der Waals surface area contributed by atoms with Crippen LogP contribution in [0.25, 0.3) is 0 Å². The number of ether oxygens (including phenoxy) is 1. The molecule has 1 heterocycles. The lowest BCUT2D eigenvalue weighted by atomic mass is 9.90. The largest absolute Gasteiger partial charge is 0.489 e. The van der Waals surface area contributed by atoms with Crippen LogP contribution in [0.15, 0.2) is 42.5 Å². The number of halogens is 1. The second-order valence-electron chi connectivity index (χ2n) is 8.40. The zero-order valence-corrected chi connectivity index (χ0v) is 18.8. The molecule has 2 aromatic carbocycles. The molecule has 1 fully saturated rings. The number of nitriles is 1. The summed E-state index contributed by atoms with van der Waals surface area (Å²) in [5, 5.41) is 9.14. The molecule has 0 aliphatic carbocycles. The molecule has 1 saturated heterocycles. The van der Waals surface area contributed by atoms with Crippen LogP contribution in [0.5, 0.6) is 5.75 Å². The summed E-state index contributed by atoms with van der Waals surface area (Å²) in [5.74, 6) is 0.598. The van der Waals surface area contributed by atoms with Gasteiger partial charge in [0.2, 0.25) is 0 Å². The second-order valence-corrected chi connectivity index (χ2v) is 8.40. The lowest BCUT2D eigenvalue weighted by Gasteiger charge is -2.34. The first kappa shape index (κ1) is 23.2. The molecule has 0 aromatic heterocycles. The van der Waals surface area contributed by atoms with Crippen LogP contribution in [0.4, 0.5) is 4.39 Å². The summed E-state index contributed by atoms with van der Waals surface area (Å²) < 4.78 is 19.2. The highest BCUT2D eigenvalue weighted by atomic mass is 19.1. The summed E-state index contributed by atoms with van der Waals surface area (Å²) in [4.78, 5) is 4.94. The minimum Gasteiger partial charge on any atom is -0.489 e. The molecule has 0 bridgehead atoms. The Morgan fingerprint density at radius 2 is 1.77 bits per heavy atom. The molecule has 166 valence electrons. The van der Waals surface area contributed by atoms with E-state index in [1.165, 1.54) is 24.5 Å². The maximum absolute atomic E-state index is 13.6. The van der Waals surface area contributed by atoms with Crippen LogP contribution in [0.1, 0.15) is 48.8 Å². The number of para-hydroxylation sites is 1. The summed E-state index contributed by atoms with van der Waals surface area (Å²) in [7, 11) is 0. The van der Waals surface area contributed by atoms with E-state index in [2.05, 4.69) is 34.9 Å². The van der Waals surface area contributed by atoms with Crippen LogP contribution >= 0.6 is 0 Å². The van der Waals surface area contributed by atoms with Gasteiger partial charge in [-0.1, -0.05) is 31.2 Å². The Balaban J connectivity index is 1.34. The first-order valence-corrected chi connectivity index (χ1v) is 11.4. The third kappa shape index (κ3) is 6.78. The van der Waals surface area contributed by atoms with Gasteiger partial charge in [-0.2, -0.15) is 5.26 Å². The Morgan fingerprint density at radius 1 is 1.06 bits per heavy atom. The van der Waals surface area contributed by atoms with Crippen molar-refractivity contribution in [1.29, 1.82) is 5.26 Å². The van der Waals surface area contributed by atoms with E-state index in [4.69, 9.17) is 10.00 Å².